The van der Waals surface area contributed by atoms with Gasteiger partial charge in [-0.3, -0.25) is 0 Å². The average molecular weight is 266 g/mol. The molecule has 0 heterocycles. The molecule has 4 heteroatoms. The predicted octanol–water partition coefficient (Wildman–Crippen LogP) is 2.63. The smallest absolute Gasteiger partial charge is 0.356 e. The van der Waals surface area contributed by atoms with Gasteiger partial charge in [0.15, 0.2) is 0 Å². The number of fused-ring (bicyclic) bond motifs is 1. The van der Waals surface area contributed by atoms with Gasteiger partial charge in [0.1, 0.15) is 0 Å². The van der Waals surface area contributed by atoms with E-state index in [2.05, 4.69) is 20.8 Å². The summed E-state index contributed by atoms with van der Waals surface area (Å²) in [5, 5.41) is 2.01. The summed E-state index contributed by atoms with van der Waals surface area (Å²) in [6, 6.07) is 11.2. The van der Waals surface area contributed by atoms with Crippen LogP contribution in [0.2, 0.25) is 0 Å². The zero-order valence-electron chi connectivity index (χ0n) is 7.74. The Morgan fingerprint density at radius 3 is 2.73 bits per heavy atom. The van der Waals surface area contributed by atoms with Crippen LogP contribution in [-0.4, -0.2) is 5.97 Å². The molecule has 0 bridgehead atoms. The lowest BCUT2D eigenvalue weighted by Gasteiger charge is -2.03. The molecule has 0 aromatic heterocycles. The maximum Gasteiger partial charge on any atom is 0.356 e. The van der Waals surface area contributed by atoms with Crippen LogP contribution in [0, 0.1) is 0 Å². The number of carbonyl (C=O) groups excluding carboxylic acids is 1. The molecule has 0 unspecified atom stereocenters. The van der Waals surface area contributed by atoms with Crippen molar-refractivity contribution in [3.63, 3.8) is 0 Å². The molecule has 3 nitrogen and oxygen atoms in total. The lowest BCUT2D eigenvalue weighted by Crippen LogP contribution is -2.09. The summed E-state index contributed by atoms with van der Waals surface area (Å²) in [4.78, 5) is 15.4. The van der Waals surface area contributed by atoms with Crippen LogP contribution in [0.1, 0.15) is 10.4 Å². The molecule has 15 heavy (non-hydrogen) atoms. The van der Waals surface area contributed by atoms with E-state index in [-0.39, 0.29) is 0 Å². The summed E-state index contributed by atoms with van der Waals surface area (Å²) < 4.78 is 0.848. The highest BCUT2D eigenvalue weighted by atomic mass is 79.9. The number of rotatable bonds is 1. The van der Waals surface area contributed by atoms with Gasteiger partial charge in [-0.25, -0.2) is 4.79 Å². The van der Waals surface area contributed by atoms with Gasteiger partial charge in [-0.05, 0) is 22.9 Å². The van der Waals surface area contributed by atoms with Crippen LogP contribution in [0.15, 0.2) is 40.9 Å². The molecule has 0 radical (unpaired) electrons. The molecule has 0 atom stereocenters. The molecule has 2 rings (SSSR count). The highest BCUT2D eigenvalue weighted by molar-refractivity contribution is 9.10. The fraction of sp³-hybridized carbons (Fsp3) is 0. The van der Waals surface area contributed by atoms with Gasteiger partial charge in [-0.15, -0.1) is 0 Å². The van der Waals surface area contributed by atoms with E-state index in [1.165, 1.54) is 0 Å². The molecule has 0 fully saturated rings. The molecule has 0 aliphatic carbocycles. The summed E-state index contributed by atoms with van der Waals surface area (Å²) in [5.41, 5.74) is 0.433. The number of hydrogen-bond acceptors (Lipinski definition) is 3. The van der Waals surface area contributed by atoms with Crippen molar-refractivity contribution < 1.29 is 9.63 Å². The number of benzene rings is 2. The van der Waals surface area contributed by atoms with Crippen LogP contribution in [-0.2, 0) is 4.84 Å². The van der Waals surface area contributed by atoms with E-state index in [1.54, 1.807) is 12.1 Å². The fourth-order valence-electron chi connectivity index (χ4n) is 1.45. The van der Waals surface area contributed by atoms with Gasteiger partial charge < -0.3 is 4.84 Å². The van der Waals surface area contributed by atoms with Gasteiger partial charge in [-0.2, -0.15) is 5.90 Å². The van der Waals surface area contributed by atoms with Gasteiger partial charge in [0.25, 0.3) is 0 Å². The van der Waals surface area contributed by atoms with E-state index < -0.39 is 5.97 Å². The minimum atomic E-state index is -0.540. The Hall–Kier alpha value is -1.39. The van der Waals surface area contributed by atoms with Gasteiger partial charge >= 0.3 is 5.97 Å². The first-order valence-electron chi connectivity index (χ1n) is 4.31. The van der Waals surface area contributed by atoms with E-state index in [1.807, 2.05) is 24.3 Å². The summed E-state index contributed by atoms with van der Waals surface area (Å²) >= 11 is 3.40. The van der Waals surface area contributed by atoms with Gasteiger partial charge in [0.05, 0.1) is 5.56 Å². The lowest BCUT2D eigenvalue weighted by molar-refractivity contribution is 0.0503. The monoisotopic (exact) mass is 265 g/mol. The van der Waals surface area contributed by atoms with Crippen LogP contribution in [0.3, 0.4) is 0 Å². The van der Waals surface area contributed by atoms with Crippen LogP contribution in [0.5, 0.6) is 0 Å². The third-order valence-corrected chi connectivity index (χ3v) is 2.81. The third-order valence-electron chi connectivity index (χ3n) is 2.15. The van der Waals surface area contributed by atoms with E-state index in [0.717, 1.165) is 15.2 Å². The fourth-order valence-corrected chi connectivity index (χ4v) is 2.06. The Labute approximate surface area is 94.9 Å². The number of hydrogen-bond donors (Lipinski definition) is 1. The number of nitrogens with two attached hydrogens (primary N) is 1. The first kappa shape index (κ1) is 10.1. The molecule has 0 aliphatic rings. The molecule has 0 spiro atoms. The first-order chi connectivity index (χ1) is 7.22. The minimum Gasteiger partial charge on any atom is -0.370 e. The Morgan fingerprint density at radius 1 is 1.27 bits per heavy atom. The Kier molecular flexibility index (Phi) is 2.70. The molecule has 0 saturated carbocycles. The van der Waals surface area contributed by atoms with Crippen LogP contribution >= 0.6 is 15.9 Å². The van der Waals surface area contributed by atoms with E-state index in [0.29, 0.717) is 5.56 Å². The Bertz CT molecular complexity index is 525. The first-order valence-corrected chi connectivity index (χ1v) is 5.11. The standard InChI is InChI=1S/C11H8BrNO2/c12-10-6-8(11(14)15-13)5-7-3-1-2-4-9(7)10/h1-6H,13H2. The van der Waals surface area contributed by atoms with Gasteiger partial charge in [0.2, 0.25) is 0 Å². The van der Waals surface area contributed by atoms with Crippen molar-refractivity contribution in [1.29, 1.82) is 0 Å². The SMILES string of the molecule is NOC(=O)c1cc(Br)c2ccccc2c1. The second-order valence-electron chi connectivity index (χ2n) is 3.08. The van der Waals surface area contributed by atoms with Crippen molar-refractivity contribution in [2.45, 2.75) is 0 Å². The normalized spacial score (nSPS) is 10.3. The highest BCUT2D eigenvalue weighted by Gasteiger charge is 2.08. The van der Waals surface area contributed by atoms with E-state index in [4.69, 9.17) is 5.90 Å². The molecule has 2 aromatic carbocycles. The van der Waals surface area contributed by atoms with Crippen molar-refractivity contribution >= 4 is 32.7 Å². The van der Waals surface area contributed by atoms with Crippen molar-refractivity contribution in [3.8, 4) is 0 Å². The summed E-state index contributed by atoms with van der Waals surface area (Å²) in [6.45, 7) is 0. The van der Waals surface area contributed by atoms with Crippen molar-refractivity contribution in [2.24, 2.45) is 5.90 Å². The van der Waals surface area contributed by atoms with Crippen molar-refractivity contribution in [3.05, 3.63) is 46.4 Å². The maximum absolute atomic E-state index is 11.2. The summed E-state index contributed by atoms with van der Waals surface area (Å²) in [7, 11) is 0. The zero-order valence-corrected chi connectivity index (χ0v) is 9.32. The van der Waals surface area contributed by atoms with Gasteiger partial charge in [-0.1, -0.05) is 40.2 Å². The maximum atomic E-state index is 11.2. The second kappa shape index (κ2) is 4.00. The number of halogens is 1. The van der Waals surface area contributed by atoms with Crippen LogP contribution in [0.25, 0.3) is 10.8 Å². The highest BCUT2D eigenvalue weighted by Crippen LogP contribution is 2.25. The molecule has 2 N–H and O–H groups in total. The quantitative estimate of drug-likeness (QED) is 0.807. The third kappa shape index (κ3) is 1.86. The topological polar surface area (TPSA) is 52.3 Å². The molecule has 0 amide bonds. The minimum absolute atomic E-state index is 0.433. The predicted molar refractivity (Wildman–Crippen MR) is 61.3 cm³/mol. The molecular formula is C11H8BrNO2. The molecule has 76 valence electrons. The number of carbonyl (C=O) groups is 1. The van der Waals surface area contributed by atoms with Crippen LogP contribution in [0.4, 0.5) is 0 Å². The van der Waals surface area contributed by atoms with Gasteiger partial charge in [0, 0.05) is 4.47 Å². The van der Waals surface area contributed by atoms with Crippen molar-refractivity contribution in [1.82, 2.24) is 0 Å². The Morgan fingerprint density at radius 2 is 2.00 bits per heavy atom. The molecular weight excluding hydrogens is 258 g/mol. The largest absolute Gasteiger partial charge is 0.370 e. The Balaban J connectivity index is 2.67. The molecule has 2 aromatic rings. The summed E-state index contributed by atoms with van der Waals surface area (Å²) in [5.74, 6) is 4.29. The van der Waals surface area contributed by atoms with Crippen molar-refractivity contribution in [2.75, 3.05) is 0 Å². The average Bonchev–Trinajstić information content (AvgIpc) is 2.28. The second-order valence-corrected chi connectivity index (χ2v) is 3.94. The zero-order chi connectivity index (χ0) is 10.8. The summed E-state index contributed by atoms with van der Waals surface area (Å²) in [6.07, 6.45) is 0. The lowest BCUT2D eigenvalue weighted by atomic mass is 10.1. The van der Waals surface area contributed by atoms with Crippen LogP contribution < -0.4 is 5.90 Å². The van der Waals surface area contributed by atoms with E-state index >= 15 is 0 Å². The molecule has 0 aliphatic heterocycles. The van der Waals surface area contributed by atoms with E-state index in [9.17, 15) is 4.79 Å². The molecule has 0 saturated heterocycles.